The normalized spacial score (nSPS) is 11.3. The van der Waals surface area contributed by atoms with Crippen molar-refractivity contribution >= 4 is 11.6 Å². The number of carbonyl (C=O) groups is 1. The van der Waals surface area contributed by atoms with Crippen LogP contribution < -0.4 is 10.2 Å². The highest BCUT2D eigenvalue weighted by atomic mass is 16.2. The molecule has 0 saturated carbocycles. The van der Waals surface area contributed by atoms with Crippen molar-refractivity contribution in [3.05, 3.63) is 29.8 Å². The van der Waals surface area contributed by atoms with Crippen LogP contribution in [0.2, 0.25) is 0 Å². The summed E-state index contributed by atoms with van der Waals surface area (Å²) < 4.78 is 0. The molecule has 0 aromatic heterocycles. The number of nitrogens with one attached hydrogen (secondary N) is 1. The lowest BCUT2D eigenvalue weighted by Crippen LogP contribution is -2.52. The van der Waals surface area contributed by atoms with Crippen LogP contribution in [0.15, 0.2) is 24.3 Å². The average Bonchev–Trinajstić information content (AvgIpc) is 2.38. The third-order valence-corrected chi connectivity index (χ3v) is 3.37. The van der Waals surface area contributed by atoms with Crippen molar-refractivity contribution in [3.8, 4) is 0 Å². The molecule has 0 aliphatic rings. The Labute approximate surface area is 122 Å². The van der Waals surface area contributed by atoms with Gasteiger partial charge in [0, 0.05) is 33.4 Å². The van der Waals surface area contributed by atoms with Gasteiger partial charge in [-0.05, 0) is 38.1 Å². The summed E-state index contributed by atoms with van der Waals surface area (Å²) in [6.45, 7) is 7.26. The molecule has 112 valence electrons. The highest BCUT2D eigenvalue weighted by Gasteiger charge is 2.29. The fourth-order valence-electron chi connectivity index (χ4n) is 2.24. The Kier molecular flexibility index (Phi) is 5.57. The quantitative estimate of drug-likeness (QED) is 0.865. The molecule has 0 fully saturated rings. The van der Waals surface area contributed by atoms with Crippen molar-refractivity contribution in [2.45, 2.75) is 32.9 Å². The third kappa shape index (κ3) is 4.23. The maximum Gasteiger partial charge on any atom is 0.242 e. The predicted octanol–water partition coefficient (Wildman–Crippen LogP) is 2.10. The smallest absolute Gasteiger partial charge is 0.242 e. The van der Waals surface area contributed by atoms with Gasteiger partial charge in [0.05, 0.1) is 5.54 Å². The summed E-state index contributed by atoms with van der Waals surface area (Å²) in [5.74, 6) is 0.107. The number of likely N-dealkylation sites (N-methyl/N-ethyl adjacent to an activating group) is 2. The van der Waals surface area contributed by atoms with Crippen LogP contribution in [-0.2, 0) is 11.3 Å². The number of amides is 1. The van der Waals surface area contributed by atoms with E-state index in [9.17, 15) is 4.79 Å². The van der Waals surface area contributed by atoms with Crippen LogP contribution in [0.3, 0.4) is 0 Å². The van der Waals surface area contributed by atoms with Crippen molar-refractivity contribution in [1.82, 2.24) is 10.2 Å². The molecule has 4 heteroatoms. The number of benzene rings is 1. The van der Waals surface area contributed by atoms with E-state index in [1.807, 2.05) is 41.9 Å². The van der Waals surface area contributed by atoms with Gasteiger partial charge < -0.3 is 15.1 Å². The van der Waals surface area contributed by atoms with Crippen LogP contribution in [-0.4, -0.2) is 44.0 Å². The molecule has 0 radical (unpaired) electrons. The van der Waals surface area contributed by atoms with Crippen molar-refractivity contribution in [2.24, 2.45) is 0 Å². The van der Waals surface area contributed by atoms with E-state index < -0.39 is 5.54 Å². The minimum atomic E-state index is -0.521. The number of carbonyl (C=O) groups excluding carboxylic acids is 1. The van der Waals surface area contributed by atoms with Gasteiger partial charge in [-0.2, -0.15) is 0 Å². The summed E-state index contributed by atoms with van der Waals surface area (Å²) in [6.07, 6.45) is 0. The van der Waals surface area contributed by atoms with Crippen molar-refractivity contribution in [2.75, 3.05) is 32.6 Å². The Hall–Kier alpha value is -1.55. The SMILES string of the molecule is CCNC(C)(C)C(=O)N(C)Cc1ccc(N(C)C)cc1. The predicted molar refractivity (Wildman–Crippen MR) is 85.0 cm³/mol. The van der Waals surface area contributed by atoms with Crippen LogP contribution >= 0.6 is 0 Å². The zero-order valence-corrected chi connectivity index (χ0v) is 13.5. The topological polar surface area (TPSA) is 35.6 Å². The van der Waals surface area contributed by atoms with E-state index in [-0.39, 0.29) is 5.91 Å². The second-order valence-corrected chi connectivity index (χ2v) is 5.88. The Bertz CT molecular complexity index is 438. The molecule has 0 saturated heterocycles. The molecule has 20 heavy (non-hydrogen) atoms. The summed E-state index contributed by atoms with van der Waals surface area (Å²) in [5, 5.41) is 3.21. The van der Waals surface area contributed by atoms with Gasteiger partial charge in [-0.1, -0.05) is 19.1 Å². The molecule has 1 aromatic rings. The third-order valence-electron chi connectivity index (χ3n) is 3.37. The Morgan fingerprint density at radius 3 is 2.15 bits per heavy atom. The number of anilines is 1. The minimum Gasteiger partial charge on any atom is -0.378 e. The van der Waals surface area contributed by atoms with Gasteiger partial charge >= 0.3 is 0 Å². The maximum absolute atomic E-state index is 12.4. The molecule has 0 aliphatic heterocycles. The van der Waals surface area contributed by atoms with Crippen molar-refractivity contribution < 1.29 is 4.79 Å². The minimum absolute atomic E-state index is 0.107. The highest BCUT2D eigenvalue weighted by molar-refractivity contribution is 5.85. The number of hydrogen-bond acceptors (Lipinski definition) is 3. The van der Waals surface area contributed by atoms with Crippen molar-refractivity contribution in [3.63, 3.8) is 0 Å². The molecule has 0 aliphatic carbocycles. The van der Waals surface area contributed by atoms with Gasteiger partial charge in [-0.15, -0.1) is 0 Å². The molecular formula is C16H27N3O. The molecule has 0 unspecified atom stereocenters. The lowest BCUT2D eigenvalue weighted by Gasteiger charge is -2.30. The molecule has 1 N–H and O–H groups in total. The first kappa shape index (κ1) is 16.5. The molecule has 0 heterocycles. The first-order valence-corrected chi connectivity index (χ1v) is 7.04. The highest BCUT2D eigenvalue weighted by Crippen LogP contribution is 2.15. The first-order valence-electron chi connectivity index (χ1n) is 7.04. The van der Waals surface area contributed by atoms with Crippen LogP contribution in [0.5, 0.6) is 0 Å². The van der Waals surface area contributed by atoms with Crippen LogP contribution in [0.1, 0.15) is 26.3 Å². The van der Waals surface area contributed by atoms with Crippen LogP contribution in [0.25, 0.3) is 0 Å². The van der Waals surface area contributed by atoms with Crippen LogP contribution in [0.4, 0.5) is 5.69 Å². The van der Waals surface area contributed by atoms with E-state index in [4.69, 9.17) is 0 Å². The van der Waals surface area contributed by atoms with Gasteiger partial charge in [0.2, 0.25) is 5.91 Å². The maximum atomic E-state index is 12.4. The lowest BCUT2D eigenvalue weighted by atomic mass is 10.0. The molecule has 1 amide bonds. The average molecular weight is 277 g/mol. The van der Waals surface area contributed by atoms with E-state index in [1.54, 1.807) is 4.90 Å². The fraction of sp³-hybridized carbons (Fsp3) is 0.562. The summed E-state index contributed by atoms with van der Waals surface area (Å²) >= 11 is 0. The van der Waals surface area contributed by atoms with Crippen LogP contribution in [0, 0.1) is 0 Å². The van der Waals surface area contributed by atoms with E-state index in [0.29, 0.717) is 6.54 Å². The fourth-order valence-corrected chi connectivity index (χ4v) is 2.24. The second kappa shape index (κ2) is 6.75. The summed E-state index contributed by atoms with van der Waals surface area (Å²) in [7, 11) is 5.88. The van der Waals surface area contributed by atoms with Gasteiger partial charge in [0.1, 0.15) is 0 Å². The zero-order chi connectivity index (χ0) is 15.3. The van der Waals surface area contributed by atoms with Crippen molar-refractivity contribution in [1.29, 1.82) is 0 Å². The zero-order valence-electron chi connectivity index (χ0n) is 13.5. The molecule has 0 spiro atoms. The molecule has 4 nitrogen and oxygen atoms in total. The first-order chi connectivity index (χ1) is 9.27. The number of hydrogen-bond donors (Lipinski definition) is 1. The molecule has 0 atom stereocenters. The molecule has 1 rings (SSSR count). The van der Waals surface area contributed by atoms with Gasteiger partial charge in [0.15, 0.2) is 0 Å². The number of rotatable bonds is 6. The molecule has 0 bridgehead atoms. The lowest BCUT2D eigenvalue weighted by molar-refractivity contribution is -0.136. The standard InChI is InChI=1S/C16H27N3O/c1-7-17-16(2,3)15(20)19(6)12-13-8-10-14(11-9-13)18(4)5/h8-11,17H,7,12H2,1-6H3. The van der Waals surface area contributed by atoms with E-state index in [2.05, 4.69) is 34.5 Å². The van der Waals surface area contributed by atoms with E-state index in [0.717, 1.165) is 17.8 Å². The van der Waals surface area contributed by atoms with E-state index >= 15 is 0 Å². The Morgan fingerprint density at radius 2 is 1.70 bits per heavy atom. The van der Waals surface area contributed by atoms with Gasteiger partial charge in [-0.25, -0.2) is 0 Å². The molecule has 1 aromatic carbocycles. The summed E-state index contributed by atoms with van der Waals surface area (Å²) in [6, 6.07) is 8.28. The van der Waals surface area contributed by atoms with Gasteiger partial charge in [0.25, 0.3) is 0 Å². The second-order valence-electron chi connectivity index (χ2n) is 5.88. The monoisotopic (exact) mass is 277 g/mol. The van der Waals surface area contributed by atoms with Gasteiger partial charge in [-0.3, -0.25) is 4.79 Å². The van der Waals surface area contributed by atoms with E-state index in [1.165, 1.54) is 0 Å². The summed E-state index contributed by atoms with van der Waals surface area (Å²) in [4.78, 5) is 16.2. The number of nitrogens with zero attached hydrogens (tertiary/aromatic N) is 2. The molecular weight excluding hydrogens is 250 g/mol. The Morgan fingerprint density at radius 1 is 1.15 bits per heavy atom. The largest absolute Gasteiger partial charge is 0.378 e. The summed E-state index contributed by atoms with van der Waals surface area (Å²) in [5.41, 5.74) is 1.78. The Balaban J connectivity index is 2.70.